The van der Waals surface area contributed by atoms with Gasteiger partial charge in [0.2, 0.25) is 0 Å². The zero-order valence-corrected chi connectivity index (χ0v) is 12.9. The second-order valence-corrected chi connectivity index (χ2v) is 7.97. The van der Waals surface area contributed by atoms with Gasteiger partial charge in [0.1, 0.15) is 0 Å². The summed E-state index contributed by atoms with van der Waals surface area (Å²) in [6.07, 6.45) is 10.9. The summed E-state index contributed by atoms with van der Waals surface area (Å²) in [5, 5.41) is 9.72. The van der Waals surface area contributed by atoms with Gasteiger partial charge in [-0.2, -0.15) is 0 Å². The van der Waals surface area contributed by atoms with Crippen LogP contribution in [0.4, 0.5) is 0 Å². The summed E-state index contributed by atoms with van der Waals surface area (Å²) in [7, 11) is 0. The van der Waals surface area contributed by atoms with Gasteiger partial charge in [-0.05, 0) is 49.9 Å². The van der Waals surface area contributed by atoms with Crippen LogP contribution in [0.15, 0.2) is 0 Å². The first-order valence-corrected chi connectivity index (χ1v) is 8.50. The number of carboxylic acid groups (broad SMARTS) is 1. The number of carbonyl (C=O) groups is 1. The minimum Gasteiger partial charge on any atom is -0.481 e. The molecular formula is C17H29NO2. The summed E-state index contributed by atoms with van der Waals surface area (Å²) in [5.74, 6) is 0.164. The highest BCUT2D eigenvalue weighted by Gasteiger charge is 2.49. The number of carboxylic acids is 1. The van der Waals surface area contributed by atoms with E-state index >= 15 is 0 Å². The van der Waals surface area contributed by atoms with Crippen LogP contribution in [0.3, 0.4) is 0 Å². The molecule has 3 aliphatic rings. The third-order valence-corrected chi connectivity index (χ3v) is 6.24. The van der Waals surface area contributed by atoms with Crippen LogP contribution in [-0.2, 0) is 4.79 Å². The lowest BCUT2D eigenvalue weighted by atomic mass is 9.66. The van der Waals surface area contributed by atoms with E-state index in [2.05, 4.69) is 11.8 Å². The smallest absolute Gasteiger partial charge is 0.310 e. The van der Waals surface area contributed by atoms with E-state index in [4.69, 9.17) is 0 Å². The van der Waals surface area contributed by atoms with E-state index < -0.39 is 11.4 Å². The summed E-state index contributed by atoms with van der Waals surface area (Å²) in [6.45, 7) is 5.39. The van der Waals surface area contributed by atoms with Crippen molar-refractivity contribution in [3.05, 3.63) is 0 Å². The molecule has 0 atom stereocenters. The van der Waals surface area contributed by atoms with E-state index in [1.807, 2.05) is 0 Å². The van der Waals surface area contributed by atoms with Crippen molar-refractivity contribution in [3.63, 3.8) is 0 Å². The zero-order valence-electron chi connectivity index (χ0n) is 12.9. The standard InChI is InChI=1S/C17H29NO2/c1-14-5-9-17(10-6-14,15(19)20)13-18-11-16(12-18)7-3-2-4-8-16/h14H,2-13H2,1H3,(H,19,20). The third kappa shape index (κ3) is 2.61. The highest BCUT2D eigenvalue weighted by Crippen LogP contribution is 2.47. The molecule has 1 spiro atoms. The minimum absolute atomic E-state index is 0.442. The monoisotopic (exact) mass is 279 g/mol. The van der Waals surface area contributed by atoms with Gasteiger partial charge in [0.25, 0.3) is 0 Å². The fourth-order valence-electron chi connectivity index (χ4n) is 4.81. The van der Waals surface area contributed by atoms with E-state index in [0.29, 0.717) is 11.3 Å². The first-order chi connectivity index (χ1) is 9.54. The molecule has 1 heterocycles. The molecule has 0 amide bonds. The number of hydrogen-bond donors (Lipinski definition) is 1. The molecule has 0 radical (unpaired) electrons. The second kappa shape index (κ2) is 5.32. The molecule has 3 fully saturated rings. The lowest BCUT2D eigenvalue weighted by Crippen LogP contribution is -2.60. The summed E-state index contributed by atoms with van der Waals surface area (Å²) >= 11 is 0. The van der Waals surface area contributed by atoms with Crippen LogP contribution in [-0.4, -0.2) is 35.6 Å². The van der Waals surface area contributed by atoms with Crippen LogP contribution >= 0.6 is 0 Å². The molecule has 114 valence electrons. The Morgan fingerprint density at radius 3 is 2.25 bits per heavy atom. The van der Waals surface area contributed by atoms with E-state index in [1.54, 1.807) is 0 Å². The Morgan fingerprint density at radius 2 is 1.70 bits per heavy atom. The molecule has 1 N–H and O–H groups in total. The zero-order chi connectivity index (χ0) is 14.2. The van der Waals surface area contributed by atoms with Gasteiger partial charge in [-0.1, -0.05) is 26.2 Å². The first kappa shape index (κ1) is 14.4. The van der Waals surface area contributed by atoms with Crippen molar-refractivity contribution >= 4 is 5.97 Å². The number of likely N-dealkylation sites (tertiary alicyclic amines) is 1. The topological polar surface area (TPSA) is 40.5 Å². The first-order valence-electron chi connectivity index (χ1n) is 8.50. The van der Waals surface area contributed by atoms with Crippen LogP contribution in [0.5, 0.6) is 0 Å². The van der Waals surface area contributed by atoms with Gasteiger partial charge in [0.05, 0.1) is 5.41 Å². The molecule has 0 unspecified atom stereocenters. The van der Waals surface area contributed by atoms with Gasteiger partial charge in [-0.25, -0.2) is 0 Å². The SMILES string of the molecule is CC1CCC(CN2CC3(CCCCC3)C2)(C(=O)O)CC1. The molecule has 1 aliphatic heterocycles. The van der Waals surface area contributed by atoms with Crippen LogP contribution < -0.4 is 0 Å². The Balaban J connectivity index is 1.57. The number of rotatable bonds is 3. The average molecular weight is 279 g/mol. The molecule has 0 aromatic rings. The molecule has 3 rings (SSSR count). The van der Waals surface area contributed by atoms with Crippen molar-refractivity contribution < 1.29 is 9.90 Å². The Bertz CT molecular complexity index is 357. The van der Waals surface area contributed by atoms with Crippen LogP contribution in [0.25, 0.3) is 0 Å². The lowest BCUT2D eigenvalue weighted by Gasteiger charge is -2.55. The molecule has 0 aromatic heterocycles. The highest BCUT2D eigenvalue weighted by atomic mass is 16.4. The van der Waals surface area contributed by atoms with Crippen LogP contribution in [0, 0.1) is 16.7 Å². The number of nitrogens with zero attached hydrogens (tertiary/aromatic N) is 1. The van der Waals surface area contributed by atoms with E-state index in [1.165, 1.54) is 32.1 Å². The van der Waals surface area contributed by atoms with E-state index in [-0.39, 0.29) is 0 Å². The van der Waals surface area contributed by atoms with Crippen LogP contribution in [0.2, 0.25) is 0 Å². The molecule has 2 aliphatic carbocycles. The fraction of sp³-hybridized carbons (Fsp3) is 0.941. The van der Waals surface area contributed by atoms with Crippen molar-refractivity contribution in [2.24, 2.45) is 16.7 Å². The Morgan fingerprint density at radius 1 is 1.10 bits per heavy atom. The third-order valence-electron chi connectivity index (χ3n) is 6.24. The largest absolute Gasteiger partial charge is 0.481 e. The molecule has 3 nitrogen and oxygen atoms in total. The Labute approximate surface area is 122 Å². The summed E-state index contributed by atoms with van der Waals surface area (Å²) < 4.78 is 0. The number of hydrogen-bond acceptors (Lipinski definition) is 2. The molecule has 1 saturated heterocycles. The Hall–Kier alpha value is -0.570. The van der Waals surface area contributed by atoms with Crippen molar-refractivity contribution in [2.75, 3.05) is 19.6 Å². The summed E-state index contributed by atoms with van der Waals surface area (Å²) in [4.78, 5) is 14.2. The molecule has 2 saturated carbocycles. The van der Waals surface area contributed by atoms with Crippen molar-refractivity contribution in [1.82, 2.24) is 4.90 Å². The fourth-order valence-corrected chi connectivity index (χ4v) is 4.81. The van der Waals surface area contributed by atoms with Gasteiger partial charge in [-0.3, -0.25) is 4.79 Å². The predicted molar refractivity (Wildman–Crippen MR) is 79.7 cm³/mol. The van der Waals surface area contributed by atoms with Crippen LogP contribution in [0.1, 0.15) is 64.7 Å². The van der Waals surface area contributed by atoms with Crippen molar-refractivity contribution in [3.8, 4) is 0 Å². The summed E-state index contributed by atoms with van der Waals surface area (Å²) in [5.41, 5.74) is 0.128. The molecule has 0 bridgehead atoms. The maximum absolute atomic E-state index is 11.8. The predicted octanol–water partition coefficient (Wildman–Crippen LogP) is 3.53. The Kier molecular flexibility index (Phi) is 3.83. The van der Waals surface area contributed by atoms with Gasteiger partial charge in [-0.15, -0.1) is 0 Å². The minimum atomic E-state index is -0.547. The molecule has 20 heavy (non-hydrogen) atoms. The lowest BCUT2D eigenvalue weighted by molar-refractivity contribution is -0.156. The van der Waals surface area contributed by atoms with Gasteiger partial charge >= 0.3 is 5.97 Å². The normalized spacial score (nSPS) is 37.5. The molecular weight excluding hydrogens is 250 g/mol. The van der Waals surface area contributed by atoms with E-state index in [0.717, 1.165) is 45.3 Å². The quantitative estimate of drug-likeness (QED) is 0.859. The van der Waals surface area contributed by atoms with Gasteiger partial charge in [0.15, 0.2) is 0 Å². The van der Waals surface area contributed by atoms with E-state index in [9.17, 15) is 9.90 Å². The van der Waals surface area contributed by atoms with Crippen molar-refractivity contribution in [1.29, 1.82) is 0 Å². The van der Waals surface area contributed by atoms with Gasteiger partial charge in [0, 0.05) is 19.6 Å². The maximum atomic E-state index is 11.8. The summed E-state index contributed by atoms with van der Waals surface area (Å²) in [6, 6.07) is 0. The number of aliphatic carboxylic acids is 1. The molecule has 0 aromatic carbocycles. The van der Waals surface area contributed by atoms with Crippen molar-refractivity contribution in [2.45, 2.75) is 64.7 Å². The maximum Gasteiger partial charge on any atom is 0.310 e. The molecule has 3 heteroatoms. The second-order valence-electron chi connectivity index (χ2n) is 7.97. The van der Waals surface area contributed by atoms with Gasteiger partial charge < -0.3 is 10.0 Å². The average Bonchev–Trinajstić information content (AvgIpc) is 2.41. The highest BCUT2D eigenvalue weighted by molar-refractivity contribution is 5.75.